The summed E-state index contributed by atoms with van der Waals surface area (Å²) in [6.07, 6.45) is 3.88. The molecule has 0 aliphatic carbocycles. The first-order valence-electron chi connectivity index (χ1n) is 4.79. The molecule has 0 saturated heterocycles. The SMILES string of the molecule is NC(=O)C(O)CNC(=O)CCn1ccnc1. The Morgan fingerprint density at radius 3 is 2.88 bits per heavy atom. The van der Waals surface area contributed by atoms with Crippen molar-refractivity contribution in [3.05, 3.63) is 18.7 Å². The summed E-state index contributed by atoms with van der Waals surface area (Å²) in [5, 5.41) is 11.4. The molecule has 16 heavy (non-hydrogen) atoms. The highest BCUT2D eigenvalue weighted by Crippen LogP contribution is 1.90. The summed E-state index contributed by atoms with van der Waals surface area (Å²) in [4.78, 5) is 25.5. The van der Waals surface area contributed by atoms with E-state index in [1.54, 1.807) is 23.3 Å². The van der Waals surface area contributed by atoms with Crippen LogP contribution >= 0.6 is 0 Å². The van der Waals surface area contributed by atoms with Gasteiger partial charge in [0.2, 0.25) is 11.8 Å². The minimum atomic E-state index is -1.34. The molecule has 0 saturated carbocycles. The standard InChI is InChI=1S/C9H14N4O3/c10-9(16)7(14)5-12-8(15)1-3-13-4-2-11-6-13/h2,4,6-7,14H,1,3,5H2,(H2,10,16)(H,12,15). The average molecular weight is 226 g/mol. The summed E-state index contributed by atoms with van der Waals surface area (Å²) in [6, 6.07) is 0. The molecule has 0 radical (unpaired) electrons. The number of nitrogens with two attached hydrogens (primary N) is 1. The van der Waals surface area contributed by atoms with Gasteiger partial charge in [0.15, 0.2) is 0 Å². The lowest BCUT2D eigenvalue weighted by Crippen LogP contribution is -2.40. The predicted molar refractivity (Wildman–Crippen MR) is 55.1 cm³/mol. The topological polar surface area (TPSA) is 110 Å². The Hall–Kier alpha value is -1.89. The van der Waals surface area contributed by atoms with Gasteiger partial charge < -0.3 is 20.7 Å². The number of amides is 2. The maximum absolute atomic E-state index is 11.3. The quantitative estimate of drug-likeness (QED) is 0.533. The van der Waals surface area contributed by atoms with Crippen LogP contribution < -0.4 is 11.1 Å². The van der Waals surface area contributed by atoms with E-state index in [9.17, 15) is 9.59 Å². The van der Waals surface area contributed by atoms with Crippen molar-refractivity contribution in [1.29, 1.82) is 0 Å². The fraction of sp³-hybridized carbons (Fsp3) is 0.444. The minimum Gasteiger partial charge on any atom is -0.381 e. The number of hydrogen-bond donors (Lipinski definition) is 3. The van der Waals surface area contributed by atoms with Crippen molar-refractivity contribution in [3.8, 4) is 0 Å². The molecule has 0 spiro atoms. The highest BCUT2D eigenvalue weighted by atomic mass is 16.3. The zero-order valence-corrected chi connectivity index (χ0v) is 8.67. The van der Waals surface area contributed by atoms with E-state index in [0.29, 0.717) is 6.54 Å². The molecule has 1 atom stereocenters. The number of rotatable bonds is 6. The van der Waals surface area contributed by atoms with E-state index in [1.807, 2.05) is 0 Å². The van der Waals surface area contributed by atoms with Gasteiger partial charge in [0.25, 0.3) is 0 Å². The summed E-state index contributed by atoms with van der Waals surface area (Å²) in [7, 11) is 0. The van der Waals surface area contributed by atoms with E-state index in [4.69, 9.17) is 10.8 Å². The van der Waals surface area contributed by atoms with Crippen molar-refractivity contribution < 1.29 is 14.7 Å². The molecule has 1 aromatic rings. The first-order chi connectivity index (χ1) is 7.59. The van der Waals surface area contributed by atoms with Crippen LogP contribution in [0.4, 0.5) is 0 Å². The number of aromatic nitrogens is 2. The number of hydrogen-bond acceptors (Lipinski definition) is 4. The van der Waals surface area contributed by atoms with Gasteiger partial charge in [-0.2, -0.15) is 0 Å². The molecule has 7 nitrogen and oxygen atoms in total. The molecule has 0 aromatic carbocycles. The van der Waals surface area contributed by atoms with E-state index in [0.717, 1.165) is 0 Å². The van der Waals surface area contributed by atoms with Crippen LogP contribution in [-0.4, -0.2) is 39.1 Å². The van der Waals surface area contributed by atoms with E-state index in [2.05, 4.69) is 10.3 Å². The van der Waals surface area contributed by atoms with Gasteiger partial charge in [0.05, 0.1) is 12.9 Å². The number of carbonyl (C=O) groups is 2. The lowest BCUT2D eigenvalue weighted by molar-refractivity contribution is -0.127. The van der Waals surface area contributed by atoms with Crippen LogP contribution in [0.2, 0.25) is 0 Å². The maximum atomic E-state index is 11.3. The van der Waals surface area contributed by atoms with Gasteiger partial charge in [-0.3, -0.25) is 9.59 Å². The van der Waals surface area contributed by atoms with Gasteiger partial charge >= 0.3 is 0 Å². The molecule has 1 rings (SSSR count). The minimum absolute atomic E-state index is 0.155. The second-order valence-electron chi connectivity index (χ2n) is 3.27. The number of aliphatic hydroxyl groups is 1. The van der Waals surface area contributed by atoms with Crippen LogP contribution in [0.5, 0.6) is 0 Å². The van der Waals surface area contributed by atoms with Gasteiger partial charge in [-0.1, -0.05) is 0 Å². The molecule has 7 heteroatoms. The van der Waals surface area contributed by atoms with Crippen LogP contribution in [-0.2, 0) is 16.1 Å². The molecule has 1 unspecified atom stereocenters. The summed E-state index contributed by atoms with van der Waals surface area (Å²) in [5.41, 5.74) is 4.82. The van der Waals surface area contributed by atoms with Crippen LogP contribution in [0, 0.1) is 0 Å². The van der Waals surface area contributed by atoms with Crippen LogP contribution in [0.15, 0.2) is 18.7 Å². The maximum Gasteiger partial charge on any atom is 0.248 e. The lowest BCUT2D eigenvalue weighted by atomic mass is 10.3. The van der Waals surface area contributed by atoms with Gasteiger partial charge in [-0.15, -0.1) is 0 Å². The Kier molecular flexibility index (Phi) is 4.46. The monoisotopic (exact) mass is 226 g/mol. The van der Waals surface area contributed by atoms with Gasteiger partial charge in [-0.05, 0) is 0 Å². The van der Waals surface area contributed by atoms with Gasteiger partial charge in [0.1, 0.15) is 6.10 Å². The molecule has 0 fully saturated rings. The first kappa shape index (κ1) is 12.2. The molecular formula is C9H14N4O3. The molecule has 88 valence electrons. The largest absolute Gasteiger partial charge is 0.381 e. The second-order valence-corrected chi connectivity index (χ2v) is 3.27. The fourth-order valence-electron chi connectivity index (χ4n) is 1.05. The predicted octanol–water partition coefficient (Wildman–Crippen LogP) is -1.76. The Balaban J connectivity index is 2.19. The normalized spacial score (nSPS) is 12.1. The highest BCUT2D eigenvalue weighted by Gasteiger charge is 2.11. The van der Waals surface area contributed by atoms with Crippen LogP contribution in [0.1, 0.15) is 6.42 Å². The second kappa shape index (κ2) is 5.86. The number of carbonyl (C=O) groups excluding carboxylic acids is 2. The zero-order valence-electron chi connectivity index (χ0n) is 8.67. The summed E-state index contributed by atoms with van der Waals surface area (Å²) < 4.78 is 1.75. The molecule has 0 aliphatic rings. The Labute approximate surface area is 92.3 Å². The van der Waals surface area contributed by atoms with Crippen molar-refractivity contribution in [1.82, 2.24) is 14.9 Å². The Morgan fingerprint density at radius 1 is 1.56 bits per heavy atom. The lowest BCUT2D eigenvalue weighted by Gasteiger charge is -2.08. The molecule has 1 aromatic heterocycles. The summed E-state index contributed by atoms with van der Waals surface area (Å²) in [6.45, 7) is 0.344. The van der Waals surface area contributed by atoms with Gasteiger partial charge in [-0.25, -0.2) is 4.98 Å². The third-order valence-corrected chi connectivity index (χ3v) is 1.98. The van der Waals surface area contributed by atoms with Crippen molar-refractivity contribution >= 4 is 11.8 Å². The molecule has 4 N–H and O–H groups in total. The van der Waals surface area contributed by atoms with E-state index >= 15 is 0 Å². The van der Waals surface area contributed by atoms with Crippen molar-refractivity contribution in [2.24, 2.45) is 5.73 Å². The Morgan fingerprint density at radius 2 is 2.31 bits per heavy atom. The Bertz CT molecular complexity index is 350. The van der Waals surface area contributed by atoms with Crippen molar-refractivity contribution in [2.45, 2.75) is 19.1 Å². The van der Waals surface area contributed by atoms with Crippen molar-refractivity contribution in [3.63, 3.8) is 0 Å². The van der Waals surface area contributed by atoms with Gasteiger partial charge in [0, 0.05) is 25.4 Å². The average Bonchev–Trinajstić information content (AvgIpc) is 2.75. The number of nitrogens with one attached hydrogen (secondary N) is 1. The zero-order chi connectivity index (χ0) is 12.0. The van der Waals surface area contributed by atoms with Crippen LogP contribution in [0.3, 0.4) is 0 Å². The number of aliphatic hydroxyl groups excluding tert-OH is 1. The summed E-state index contributed by atoms with van der Waals surface area (Å²) >= 11 is 0. The third kappa shape index (κ3) is 4.09. The highest BCUT2D eigenvalue weighted by molar-refractivity contribution is 5.80. The third-order valence-electron chi connectivity index (χ3n) is 1.98. The summed E-state index contributed by atoms with van der Waals surface area (Å²) in [5.74, 6) is -1.11. The number of imidazole rings is 1. The smallest absolute Gasteiger partial charge is 0.248 e. The fourth-order valence-corrected chi connectivity index (χ4v) is 1.05. The number of primary amides is 1. The van der Waals surface area contributed by atoms with E-state index in [1.165, 1.54) is 0 Å². The van der Waals surface area contributed by atoms with Crippen LogP contribution in [0.25, 0.3) is 0 Å². The molecule has 0 bridgehead atoms. The molecule has 2 amide bonds. The van der Waals surface area contributed by atoms with Crippen molar-refractivity contribution in [2.75, 3.05) is 6.54 Å². The number of nitrogens with zero attached hydrogens (tertiary/aromatic N) is 2. The van der Waals surface area contributed by atoms with E-state index in [-0.39, 0.29) is 18.9 Å². The molecule has 1 heterocycles. The first-order valence-corrected chi connectivity index (χ1v) is 4.79. The number of aryl methyl sites for hydroxylation is 1. The molecular weight excluding hydrogens is 212 g/mol. The van der Waals surface area contributed by atoms with E-state index < -0.39 is 12.0 Å². The molecule has 0 aliphatic heterocycles.